The zero-order valence-corrected chi connectivity index (χ0v) is 23.1. The molecular weight excluding hydrogens is 532 g/mol. The lowest BCUT2D eigenvalue weighted by molar-refractivity contribution is -0.120. The highest BCUT2D eigenvalue weighted by Crippen LogP contribution is 2.28. The number of carbonyl (C=O) groups excluding carboxylic acids is 2. The fourth-order valence-electron chi connectivity index (χ4n) is 4.39. The lowest BCUT2D eigenvalue weighted by Crippen LogP contribution is -2.53. The third-order valence-electron chi connectivity index (χ3n) is 6.40. The van der Waals surface area contributed by atoms with Crippen molar-refractivity contribution in [2.75, 3.05) is 18.6 Å². The summed E-state index contributed by atoms with van der Waals surface area (Å²) in [6, 6.07) is 18.8. The molecule has 212 valence electrons. The summed E-state index contributed by atoms with van der Waals surface area (Å²) in [5.74, 6) is 0.244. The standard InChI is InChI=1S/C29H30N4O6S.2H2/c1-4-33(23-13-15-24(38-3)16-14-23)28(34)26(17-21-9-6-5-7-10-21)31-29(35)32-40(36,37)27-12-8-11-25(20(27)2)22-18-30-39-19-22;;/h5-16,18-19,26H,4,17H2,1-3H3,(H2,31,32,35);2*1H/t26-;;/m0../s1. The molecule has 4 rings (SSSR count). The Labute approximate surface area is 236 Å². The SMILES string of the molecule is CCN(C(=O)[C@H](Cc1ccccc1)NC(=O)NS(=O)(=O)c1cccc(-c2cnoc2)c1C)c1ccc(OC)cc1.[HH].[HH]. The molecule has 1 heterocycles. The Balaban J connectivity index is 0.00000308. The number of methoxy groups -OCH3 is 1. The van der Waals surface area contributed by atoms with Crippen molar-refractivity contribution >= 4 is 27.6 Å². The van der Waals surface area contributed by atoms with Gasteiger partial charge in [0.05, 0.1) is 18.2 Å². The zero-order chi connectivity index (χ0) is 28.7. The molecule has 3 aromatic carbocycles. The number of urea groups is 1. The van der Waals surface area contributed by atoms with Crippen molar-refractivity contribution in [2.45, 2.75) is 31.2 Å². The van der Waals surface area contributed by atoms with Crippen molar-refractivity contribution in [3.05, 3.63) is 96.4 Å². The fourth-order valence-corrected chi connectivity index (χ4v) is 5.57. The van der Waals surface area contributed by atoms with E-state index in [9.17, 15) is 18.0 Å². The van der Waals surface area contributed by atoms with Gasteiger partial charge >= 0.3 is 6.03 Å². The molecule has 1 aromatic heterocycles. The van der Waals surface area contributed by atoms with E-state index in [0.29, 0.717) is 34.7 Å². The number of anilines is 1. The van der Waals surface area contributed by atoms with Gasteiger partial charge < -0.3 is 19.5 Å². The van der Waals surface area contributed by atoms with Crippen molar-refractivity contribution in [1.29, 1.82) is 0 Å². The topological polar surface area (TPSA) is 131 Å². The van der Waals surface area contributed by atoms with Crippen LogP contribution in [-0.4, -0.2) is 45.2 Å². The lowest BCUT2D eigenvalue weighted by Gasteiger charge is -2.27. The quantitative estimate of drug-likeness (QED) is 0.282. The molecule has 3 amide bonds. The molecule has 0 saturated heterocycles. The van der Waals surface area contributed by atoms with Crippen LogP contribution in [0.5, 0.6) is 5.75 Å². The molecule has 1 atom stereocenters. The van der Waals surface area contributed by atoms with E-state index in [2.05, 4.69) is 15.2 Å². The summed E-state index contributed by atoms with van der Waals surface area (Å²) in [6.45, 7) is 3.77. The Kier molecular flexibility index (Phi) is 8.85. The molecule has 0 aliphatic rings. The van der Waals surface area contributed by atoms with Crippen LogP contribution < -0.4 is 19.7 Å². The van der Waals surface area contributed by atoms with E-state index in [1.807, 2.05) is 37.3 Å². The van der Waals surface area contributed by atoms with Crippen LogP contribution in [0.25, 0.3) is 11.1 Å². The molecule has 0 saturated carbocycles. The number of hydrogen-bond donors (Lipinski definition) is 2. The van der Waals surface area contributed by atoms with Gasteiger partial charge in [-0.05, 0) is 60.9 Å². The van der Waals surface area contributed by atoms with Crippen molar-refractivity contribution < 1.29 is 30.1 Å². The molecule has 40 heavy (non-hydrogen) atoms. The van der Waals surface area contributed by atoms with Gasteiger partial charge in [0.15, 0.2) is 0 Å². The van der Waals surface area contributed by atoms with E-state index in [-0.39, 0.29) is 14.2 Å². The van der Waals surface area contributed by atoms with Crippen molar-refractivity contribution in [3.8, 4) is 16.9 Å². The number of carbonyl (C=O) groups is 2. The highest BCUT2D eigenvalue weighted by molar-refractivity contribution is 7.90. The van der Waals surface area contributed by atoms with Gasteiger partial charge in [-0.15, -0.1) is 0 Å². The van der Waals surface area contributed by atoms with E-state index in [1.165, 1.54) is 23.4 Å². The van der Waals surface area contributed by atoms with Gasteiger partial charge in [-0.1, -0.05) is 47.6 Å². The largest absolute Gasteiger partial charge is 0.497 e. The second kappa shape index (κ2) is 12.5. The molecule has 4 aromatic rings. The maximum atomic E-state index is 13.7. The van der Waals surface area contributed by atoms with Gasteiger partial charge in [0, 0.05) is 27.1 Å². The lowest BCUT2D eigenvalue weighted by atomic mass is 10.0. The molecule has 0 aliphatic heterocycles. The fraction of sp³-hybridized carbons (Fsp3) is 0.207. The highest BCUT2D eigenvalue weighted by atomic mass is 32.2. The Morgan fingerprint density at radius 1 is 1.05 bits per heavy atom. The van der Waals surface area contributed by atoms with E-state index < -0.39 is 28.0 Å². The van der Waals surface area contributed by atoms with E-state index in [0.717, 1.165) is 5.56 Å². The number of rotatable bonds is 10. The molecule has 2 N–H and O–H groups in total. The molecule has 0 aliphatic carbocycles. The number of nitrogens with one attached hydrogen (secondary N) is 2. The molecule has 0 bridgehead atoms. The monoisotopic (exact) mass is 566 g/mol. The van der Waals surface area contributed by atoms with Gasteiger partial charge in [-0.25, -0.2) is 17.9 Å². The van der Waals surface area contributed by atoms with E-state index >= 15 is 0 Å². The van der Waals surface area contributed by atoms with Crippen LogP contribution in [-0.2, 0) is 21.2 Å². The average molecular weight is 567 g/mol. The normalized spacial score (nSPS) is 11.9. The average Bonchev–Trinajstić information content (AvgIpc) is 3.48. The molecule has 0 spiro atoms. The maximum absolute atomic E-state index is 13.7. The Morgan fingerprint density at radius 3 is 2.40 bits per heavy atom. The second-order valence-corrected chi connectivity index (χ2v) is 10.6. The summed E-state index contributed by atoms with van der Waals surface area (Å²) in [5.41, 5.74) is 3.03. The van der Waals surface area contributed by atoms with Crippen molar-refractivity contribution in [3.63, 3.8) is 0 Å². The van der Waals surface area contributed by atoms with Gasteiger partial charge in [0.2, 0.25) is 5.91 Å². The first-order valence-electron chi connectivity index (χ1n) is 12.6. The number of hydrogen-bond acceptors (Lipinski definition) is 7. The third-order valence-corrected chi connectivity index (χ3v) is 7.87. The van der Waals surface area contributed by atoms with Crippen LogP contribution >= 0.6 is 0 Å². The predicted octanol–water partition coefficient (Wildman–Crippen LogP) is 4.80. The Morgan fingerprint density at radius 2 is 1.77 bits per heavy atom. The van der Waals surface area contributed by atoms with E-state index in [1.54, 1.807) is 50.4 Å². The van der Waals surface area contributed by atoms with Crippen LogP contribution in [0.15, 0.2) is 94.7 Å². The number of aromatic nitrogens is 1. The Hall–Kier alpha value is -4.64. The highest BCUT2D eigenvalue weighted by Gasteiger charge is 2.29. The van der Waals surface area contributed by atoms with Gasteiger partial charge in [-0.3, -0.25) is 4.79 Å². The summed E-state index contributed by atoms with van der Waals surface area (Å²) in [7, 11) is -2.73. The summed E-state index contributed by atoms with van der Waals surface area (Å²) < 4.78 is 38.6. The predicted molar refractivity (Wildman–Crippen MR) is 155 cm³/mol. The van der Waals surface area contributed by atoms with Crippen LogP contribution in [0.3, 0.4) is 0 Å². The molecule has 0 fully saturated rings. The number of sulfonamides is 1. The number of ether oxygens (including phenoxy) is 1. The minimum absolute atomic E-state index is 0. The van der Waals surface area contributed by atoms with Crippen LogP contribution in [0, 0.1) is 6.92 Å². The summed E-state index contributed by atoms with van der Waals surface area (Å²) in [6.07, 6.45) is 3.03. The maximum Gasteiger partial charge on any atom is 0.329 e. The first-order valence-corrected chi connectivity index (χ1v) is 14.0. The molecule has 0 unspecified atom stereocenters. The minimum Gasteiger partial charge on any atom is -0.497 e. The molecule has 0 radical (unpaired) electrons. The first-order chi connectivity index (χ1) is 19.2. The summed E-state index contributed by atoms with van der Waals surface area (Å²) in [4.78, 5) is 28.2. The van der Waals surface area contributed by atoms with Crippen LogP contribution in [0.1, 0.15) is 20.9 Å². The minimum atomic E-state index is -4.29. The number of likely N-dealkylation sites (N-methyl/N-ethyl adjacent to an activating group) is 1. The third kappa shape index (κ3) is 6.49. The van der Waals surface area contributed by atoms with Crippen molar-refractivity contribution in [2.24, 2.45) is 0 Å². The first kappa shape index (κ1) is 28.4. The smallest absolute Gasteiger partial charge is 0.329 e. The molecule has 10 nitrogen and oxygen atoms in total. The Bertz CT molecular complexity index is 1570. The zero-order valence-electron chi connectivity index (χ0n) is 22.3. The van der Waals surface area contributed by atoms with Crippen molar-refractivity contribution in [1.82, 2.24) is 15.2 Å². The second-order valence-electron chi connectivity index (χ2n) is 8.94. The summed E-state index contributed by atoms with van der Waals surface area (Å²) >= 11 is 0. The van der Waals surface area contributed by atoms with Gasteiger partial charge in [-0.2, -0.15) is 0 Å². The number of benzene rings is 3. The van der Waals surface area contributed by atoms with Crippen LogP contribution in [0.4, 0.5) is 10.5 Å². The van der Waals surface area contributed by atoms with Gasteiger partial charge in [0.1, 0.15) is 18.1 Å². The van der Waals surface area contributed by atoms with Gasteiger partial charge in [0.25, 0.3) is 10.0 Å². The summed E-state index contributed by atoms with van der Waals surface area (Å²) in [5, 5.41) is 6.26. The van der Waals surface area contributed by atoms with E-state index in [4.69, 9.17) is 9.26 Å². The number of nitrogens with zero attached hydrogens (tertiary/aromatic N) is 2. The molecule has 11 heteroatoms. The molecular formula is C29H34N4O6S. The number of amides is 3. The van der Waals surface area contributed by atoms with Crippen LogP contribution in [0.2, 0.25) is 0 Å².